The van der Waals surface area contributed by atoms with Crippen LogP contribution in [0.3, 0.4) is 0 Å². The molecule has 0 radical (unpaired) electrons. The molecule has 1 saturated carbocycles. The molecule has 1 aromatic heterocycles. The SMILES string of the molecule is CN(CC1CC1)C(=O)Cc1csc(-c2ccccc2Cl)n1. The lowest BCUT2D eigenvalue weighted by Gasteiger charge is -2.15. The maximum atomic E-state index is 12.2. The van der Waals surface area contributed by atoms with Gasteiger partial charge in [0.15, 0.2) is 0 Å². The van der Waals surface area contributed by atoms with E-state index in [1.807, 2.05) is 41.6 Å². The molecule has 0 atom stereocenters. The summed E-state index contributed by atoms with van der Waals surface area (Å²) in [6, 6.07) is 7.64. The third-order valence-corrected chi connectivity index (χ3v) is 4.90. The zero-order valence-electron chi connectivity index (χ0n) is 11.9. The van der Waals surface area contributed by atoms with E-state index < -0.39 is 0 Å². The zero-order valence-corrected chi connectivity index (χ0v) is 13.5. The molecule has 0 aliphatic heterocycles. The normalized spacial score (nSPS) is 14.2. The Morgan fingerprint density at radius 1 is 1.43 bits per heavy atom. The van der Waals surface area contributed by atoms with Gasteiger partial charge in [0.1, 0.15) is 5.01 Å². The van der Waals surface area contributed by atoms with Crippen LogP contribution in [0.4, 0.5) is 0 Å². The van der Waals surface area contributed by atoms with Gasteiger partial charge in [-0.3, -0.25) is 4.79 Å². The molecule has 2 aromatic rings. The number of hydrogen-bond acceptors (Lipinski definition) is 3. The van der Waals surface area contributed by atoms with Crippen molar-refractivity contribution in [2.24, 2.45) is 5.92 Å². The van der Waals surface area contributed by atoms with Gasteiger partial charge in [-0.15, -0.1) is 11.3 Å². The van der Waals surface area contributed by atoms with Crippen molar-refractivity contribution in [3.05, 3.63) is 40.4 Å². The monoisotopic (exact) mass is 320 g/mol. The first-order valence-corrected chi connectivity index (χ1v) is 8.32. The van der Waals surface area contributed by atoms with Gasteiger partial charge in [-0.2, -0.15) is 0 Å². The van der Waals surface area contributed by atoms with Crippen molar-refractivity contribution in [2.45, 2.75) is 19.3 Å². The molecule has 1 aliphatic rings. The second-order valence-corrected chi connectivity index (χ2v) is 6.78. The van der Waals surface area contributed by atoms with Crippen molar-refractivity contribution in [1.29, 1.82) is 0 Å². The Bertz CT molecular complexity index is 651. The molecule has 0 N–H and O–H groups in total. The molecule has 1 aromatic carbocycles. The predicted octanol–water partition coefficient (Wildman–Crippen LogP) is 3.87. The zero-order chi connectivity index (χ0) is 14.8. The first kappa shape index (κ1) is 14.5. The molecule has 3 rings (SSSR count). The van der Waals surface area contributed by atoms with Crippen molar-refractivity contribution in [3.63, 3.8) is 0 Å². The van der Waals surface area contributed by atoms with Gasteiger partial charge in [0.25, 0.3) is 0 Å². The molecule has 0 bridgehead atoms. The van der Waals surface area contributed by atoms with Crippen LogP contribution < -0.4 is 0 Å². The summed E-state index contributed by atoms with van der Waals surface area (Å²) in [6.45, 7) is 0.875. The van der Waals surface area contributed by atoms with Crippen LogP contribution >= 0.6 is 22.9 Å². The summed E-state index contributed by atoms with van der Waals surface area (Å²) >= 11 is 7.71. The average molecular weight is 321 g/mol. The fraction of sp³-hybridized carbons (Fsp3) is 0.375. The second-order valence-electron chi connectivity index (χ2n) is 5.52. The highest BCUT2D eigenvalue weighted by Gasteiger charge is 2.25. The van der Waals surface area contributed by atoms with Crippen LogP contribution in [-0.2, 0) is 11.2 Å². The van der Waals surface area contributed by atoms with Gasteiger partial charge in [-0.25, -0.2) is 4.98 Å². The molecule has 0 saturated heterocycles. The molecule has 5 heteroatoms. The predicted molar refractivity (Wildman–Crippen MR) is 86.6 cm³/mol. The number of carbonyl (C=O) groups excluding carboxylic acids is 1. The lowest BCUT2D eigenvalue weighted by molar-refractivity contribution is -0.129. The minimum absolute atomic E-state index is 0.137. The molecule has 1 amide bonds. The van der Waals surface area contributed by atoms with Crippen molar-refractivity contribution >= 4 is 28.8 Å². The second kappa shape index (κ2) is 6.16. The van der Waals surface area contributed by atoms with Crippen LogP contribution in [-0.4, -0.2) is 29.4 Å². The molecule has 110 valence electrons. The summed E-state index contributed by atoms with van der Waals surface area (Å²) in [5, 5.41) is 3.51. The lowest BCUT2D eigenvalue weighted by atomic mass is 10.2. The smallest absolute Gasteiger partial charge is 0.228 e. The Balaban J connectivity index is 1.67. The highest BCUT2D eigenvalue weighted by molar-refractivity contribution is 7.13. The molecule has 21 heavy (non-hydrogen) atoms. The third-order valence-electron chi connectivity index (χ3n) is 3.64. The van der Waals surface area contributed by atoms with Gasteiger partial charge in [0, 0.05) is 24.5 Å². The Labute approximate surface area is 133 Å². The Morgan fingerprint density at radius 2 is 2.19 bits per heavy atom. The van der Waals surface area contributed by atoms with E-state index in [4.69, 9.17) is 11.6 Å². The van der Waals surface area contributed by atoms with Crippen molar-refractivity contribution in [3.8, 4) is 10.6 Å². The summed E-state index contributed by atoms with van der Waals surface area (Å²) in [5.74, 6) is 0.853. The molecule has 0 unspecified atom stereocenters. The lowest BCUT2D eigenvalue weighted by Crippen LogP contribution is -2.30. The number of rotatable bonds is 5. The van der Waals surface area contributed by atoms with E-state index in [1.165, 1.54) is 24.2 Å². The summed E-state index contributed by atoms with van der Waals surface area (Å²) in [5.41, 5.74) is 1.75. The highest BCUT2D eigenvalue weighted by atomic mass is 35.5. The Morgan fingerprint density at radius 3 is 2.90 bits per heavy atom. The number of nitrogens with zero attached hydrogens (tertiary/aromatic N) is 2. The number of likely N-dealkylation sites (N-methyl/N-ethyl adjacent to an activating group) is 1. The molecule has 1 heterocycles. The molecule has 0 spiro atoms. The number of aromatic nitrogens is 1. The first-order valence-electron chi connectivity index (χ1n) is 7.07. The standard InChI is InChI=1S/C16H17ClN2OS/c1-19(9-11-6-7-11)15(20)8-12-10-21-16(18-12)13-4-2-3-5-14(13)17/h2-5,10-11H,6-9H2,1H3. The van der Waals surface area contributed by atoms with E-state index in [-0.39, 0.29) is 5.91 Å². The van der Waals surface area contributed by atoms with Crippen molar-refractivity contribution in [1.82, 2.24) is 9.88 Å². The van der Waals surface area contributed by atoms with Gasteiger partial charge < -0.3 is 4.90 Å². The molecule has 3 nitrogen and oxygen atoms in total. The highest BCUT2D eigenvalue weighted by Crippen LogP contribution is 2.31. The average Bonchev–Trinajstić information content (AvgIpc) is 3.16. The number of thiazole rings is 1. The van der Waals surface area contributed by atoms with Crippen LogP contribution in [0, 0.1) is 5.92 Å². The van der Waals surface area contributed by atoms with E-state index in [0.717, 1.165) is 22.8 Å². The molecular formula is C16H17ClN2OS. The van der Waals surface area contributed by atoms with Crippen LogP contribution in [0.25, 0.3) is 10.6 Å². The molecule has 1 fully saturated rings. The largest absolute Gasteiger partial charge is 0.345 e. The van der Waals surface area contributed by atoms with E-state index in [0.29, 0.717) is 17.4 Å². The topological polar surface area (TPSA) is 33.2 Å². The van der Waals surface area contributed by atoms with Gasteiger partial charge in [-0.05, 0) is 24.8 Å². The van der Waals surface area contributed by atoms with Crippen LogP contribution in [0.2, 0.25) is 5.02 Å². The summed E-state index contributed by atoms with van der Waals surface area (Å²) in [6.07, 6.45) is 2.88. The van der Waals surface area contributed by atoms with E-state index >= 15 is 0 Å². The van der Waals surface area contributed by atoms with Gasteiger partial charge in [0.2, 0.25) is 5.91 Å². The van der Waals surface area contributed by atoms with Gasteiger partial charge >= 0.3 is 0 Å². The minimum Gasteiger partial charge on any atom is -0.345 e. The molecule has 1 aliphatic carbocycles. The summed E-state index contributed by atoms with van der Waals surface area (Å²) in [4.78, 5) is 18.5. The van der Waals surface area contributed by atoms with Crippen LogP contribution in [0.15, 0.2) is 29.6 Å². The fourth-order valence-electron chi connectivity index (χ4n) is 2.23. The first-order chi connectivity index (χ1) is 10.1. The number of carbonyl (C=O) groups is 1. The quantitative estimate of drug-likeness (QED) is 0.837. The number of hydrogen-bond donors (Lipinski definition) is 0. The van der Waals surface area contributed by atoms with E-state index in [1.54, 1.807) is 0 Å². The fourth-order valence-corrected chi connectivity index (χ4v) is 3.37. The van der Waals surface area contributed by atoms with E-state index in [9.17, 15) is 4.79 Å². The maximum absolute atomic E-state index is 12.2. The number of amides is 1. The Hall–Kier alpha value is -1.39. The maximum Gasteiger partial charge on any atom is 0.228 e. The number of halogens is 1. The summed E-state index contributed by atoms with van der Waals surface area (Å²) in [7, 11) is 1.88. The van der Waals surface area contributed by atoms with Crippen LogP contribution in [0.1, 0.15) is 18.5 Å². The number of benzene rings is 1. The van der Waals surface area contributed by atoms with Gasteiger partial charge in [-0.1, -0.05) is 29.8 Å². The third kappa shape index (κ3) is 3.63. The van der Waals surface area contributed by atoms with Gasteiger partial charge in [0.05, 0.1) is 17.1 Å². The van der Waals surface area contributed by atoms with Crippen molar-refractivity contribution < 1.29 is 4.79 Å². The van der Waals surface area contributed by atoms with Crippen LogP contribution in [0.5, 0.6) is 0 Å². The molecular weight excluding hydrogens is 304 g/mol. The van der Waals surface area contributed by atoms with Crippen molar-refractivity contribution in [2.75, 3.05) is 13.6 Å². The van der Waals surface area contributed by atoms with E-state index in [2.05, 4.69) is 4.98 Å². The minimum atomic E-state index is 0.137. The Kier molecular flexibility index (Phi) is 4.27. The summed E-state index contributed by atoms with van der Waals surface area (Å²) < 4.78 is 0.